The number of aryl methyl sites for hydroxylation is 2. The van der Waals surface area contributed by atoms with E-state index in [1.165, 1.54) is 0 Å². The van der Waals surface area contributed by atoms with E-state index in [-0.39, 0.29) is 42.4 Å². The second-order valence-corrected chi connectivity index (χ2v) is 11.6. The maximum Gasteiger partial charge on any atom is 0.251 e. The number of hydrogen-bond donors (Lipinski definition) is 4. The molecule has 0 bridgehead atoms. The second-order valence-electron chi connectivity index (χ2n) is 11.6. The van der Waals surface area contributed by atoms with Crippen molar-refractivity contribution in [3.05, 3.63) is 69.8 Å². The Balaban J connectivity index is 1.54. The summed E-state index contributed by atoms with van der Waals surface area (Å²) < 4.78 is 0. The molecular weight excluding hydrogens is 530 g/mol. The van der Waals surface area contributed by atoms with Crippen LogP contribution < -0.4 is 21.7 Å². The Morgan fingerprint density at radius 3 is 2.12 bits per heavy atom. The summed E-state index contributed by atoms with van der Waals surface area (Å²) >= 11 is 0. The molecule has 4 atom stereocenters. The molecular formula is C32H39N7O3. The summed E-state index contributed by atoms with van der Waals surface area (Å²) in [7, 11) is 4.88. The van der Waals surface area contributed by atoms with E-state index >= 15 is 0 Å². The topological polar surface area (TPSA) is 153 Å². The molecule has 1 saturated carbocycles. The molecule has 2 aromatic rings. The van der Waals surface area contributed by atoms with E-state index in [1.54, 1.807) is 26.0 Å². The fourth-order valence-electron chi connectivity index (χ4n) is 7.03. The molecule has 1 saturated heterocycles. The van der Waals surface area contributed by atoms with E-state index in [4.69, 9.17) is 5.73 Å². The number of piperidine rings is 1. The van der Waals surface area contributed by atoms with Crippen molar-refractivity contribution in [3.63, 3.8) is 0 Å². The molecule has 0 radical (unpaired) electrons. The van der Waals surface area contributed by atoms with Gasteiger partial charge >= 0.3 is 0 Å². The molecule has 2 aromatic carbocycles. The molecule has 1 heterocycles. The van der Waals surface area contributed by atoms with Crippen LogP contribution in [0.3, 0.4) is 0 Å². The Labute approximate surface area is 246 Å². The zero-order chi connectivity index (χ0) is 30.2. The third kappa shape index (κ3) is 5.02. The minimum absolute atomic E-state index is 0.0586. The van der Waals surface area contributed by atoms with E-state index in [0.29, 0.717) is 42.1 Å². The predicted octanol–water partition coefficient (Wildman–Crippen LogP) is 1.66. The number of hydrogen-bond acceptors (Lipinski definition) is 6. The van der Waals surface area contributed by atoms with Gasteiger partial charge in [0.1, 0.15) is 11.9 Å². The summed E-state index contributed by atoms with van der Waals surface area (Å²) in [6, 6.07) is 13.3. The highest BCUT2D eigenvalue weighted by Crippen LogP contribution is 2.48. The molecule has 10 heteroatoms. The standard InChI is InChI=1S/C32H39N7O3/c1-18(38-17-28(40)39-24(16-33)13-23-14-27(23)39)15-32(31(34)37-4)25-9-7-21(29(41)35-2)11-19(25)5-6-20-12-22(30(42)36-3)8-10-26(20)32/h7-12,18,23-24,27,38H,5-6,13-15,17H2,1-4H3,(H2,34,37)(H,35,41)(H,36,42)/t18-,23-,24?,27+/m1/s1. The lowest BCUT2D eigenvalue weighted by molar-refractivity contribution is -0.131. The van der Waals surface area contributed by atoms with Crippen molar-refractivity contribution >= 4 is 23.6 Å². The van der Waals surface area contributed by atoms with E-state index < -0.39 is 5.41 Å². The molecule has 1 aliphatic heterocycles. The summed E-state index contributed by atoms with van der Waals surface area (Å²) in [5.41, 5.74) is 11.0. The van der Waals surface area contributed by atoms with Crippen molar-refractivity contribution in [2.45, 2.75) is 62.6 Å². The third-order valence-corrected chi connectivity index (χ3v) is 9.21. The van der Waals surface area contributed by atoms with Crippen molar-refractivity contribution in [2.24, 2.45) is 16.6 Å². The maximum absolute atomic E-state index is 13.2. The van der Waals surface area contributed by atoms with Gasteiger partial charge in [-0.25, -0.2) is 0 Å². The van der Waals surface area contributed by atoms with Gasteiger partial charge in [-0.3, -0.25) is 19.4 Å². The van der Waals surface area contributed by atoms with Crippen molar-refractivity contribution in [1.29, 1.82) is 5.26 Å². The number of likely N-dealkylation sites (tertiary alicyclic amines) is 1. The molecule has 3 amide bonds. The smallest absolute Gasteiger partial charge is 0.251 e. The largest absolute Gasteiger partial charge is 0.386 e. The number of nitriles is 1. The average molecular weight is 570 g/mol. The van der Waals surface area contributed by atoms with Crippen molar-refractivity contribution in [1.82, 2.24) is 20.9 Å². The molecule has 2 fully saturated rings. The number of aliphatic imine (C=N–C) groups is 1. The first-order valence-corrected chi connectivity index (χ1v) is 14.6. The van der Waals surface area contributed by atoms with Crippen LogP contribution in [0.1, 0.15) is 69.2 Å². The summed E-state index contributed by atoms with van der Waals surface area (Å²) in [6.07, 6.45) is 3.53. The number of amidine groups is 1. The molecule has 0 aromatic heterocycles. The first kappa shape index (κ1) is 29.3. The van der Waals surface area contributed by atoms with Crippen LogP contribution in [-0.2, 0) is 23.1 Å². The Hall–Kier alpha value is -4.23. The molecule has 2 aliphatic carbocycles. The molecule has 220 valence electrons. The van der Waals surface area contributed by atoms with Gasteiger partial charge in [-0.15, -0.1) is 0 Å². The molecule has 10 nitrogen and oxygen atoms in total. The Morgan fingerprint density at radius 1 is 1.05 bits per heavy atom. The van der Waals surface area contributed by atoms with Gasteiger partial charge in [0, 0.05) is 44.4 Å². The zero-order valence-electron chi connectivity index (χ0n) is 24.7. The van der Waals surface area contributed by atoms with Gasteiger partial charge in [0.2, 0.25) is 5.91 Å². The quantitative estimate of drug-likeness (QED) is 0.280. The van der Waals surface area contributed by atoms with Gasteiger partial charge < -0.3 is 26.6 Å². The van der Waals surface area contributed by atoms with Crippen LogP contribution >= 0.6 is 0 Å². The minimum atomic E-state index is -0.877. The van der Waals surface area contributed by atoms with E-state index in [1.807, 2.05) is 43.3 Å². The number of rotatable bonds is 8. The van der Waals surface area contributed by atoms with Gasteiger partial charge in [-0.05, 0) is 91.5 Å². The molecule has 5 N–H and O–H groups in total. The lowest BCUT2D eigenvalue weighted by Crippen LogP contribution is -2.49. The molecule has 42 heavy (non-hydrogen) atoms. The van der Waals surface area contributed by atoms with Gasteiger partial charge in [-0.2, -0.15) is 5.26 Å². The van der Waals surface area contributed by atoms with Crippen LogP contribution in [0.4, 0.5) is 0 Å². The normalized spacial score (nSPS) is 22.5. The molecule has 1 unspecified atom stereocenters. The highest BCUT2D eigenvalue weighted by Gasteiger charge is 2.54. The summed E-state index contributed by atoms with van der Waals surface area (Å²) in [6.45, 7) is 2.14. The zero-order valence-corrected chi connectivity index (χ0v) is 24.7. The average Bonchev–Trinajstić information content (AvgIpc) is 3.71. The lowest BCUT2D eigenvalue weighted by atomic mass is 9.67. The van der Waals surface area contributed by atoms with Crippen molar-refractivity contribution < 1.29 is 14.4 Å². The summed E-state index contributed by atoms with van der Waals surface area (Å²) in [5, 5.41) is 18.4. The Bertz CT molecular complexity index is 1430. The van der Waals surface area contributed by atoms with Gasteiger partial charge in [0.15, 0.2) is 0 Å². The van der Waals surface area contributed by atoms with Crippen LogP contribution in [0.5, 0.6) is 0 Å². The molecule has 0 spiro atoms. The van der Waals surface area contributed by atoms with Crippen LogP contribution in [0.2, 0.25) is 0 Å². The van der Waals surface area contributed by atoms with Gasteiger partial charge in [0.05, 0.1) is 18.0 Å². The predicted molar refractivity (Wildman–Crippen MR) is 160 cm³/mol. The number of nitrogens with zero attached hydrogens (tertiary/aromatic N) is 3. The lowest BCUT2D eigenvalue weighted by Gasteiger charge is -2.38. The van der Waals surface area contributed by atoms with Crippen molar-refractivity contribution in [2.75, 3.05) is 27.7 Å². The first-order chi connectivity index (χ1) is 20.2. The van der Waals surface area contributed by atoms with Crippen LogP contribution in [0.25, 0.3) is 0 Å². The number of nitrogens with two attached hydrogens (primary N) is 1. The number of carbonyl (C=O) groups excluding carboxylic acids is 3. The Morgan fingerprint density at radius 2 is 1.62 bits per heavy atom. The molecule has 5 rings (SSSR count). The van der Waals surface area contributed by atoms with E-state index in [9.17, 15) is 19.6 Å². The number of fused-ring (bicyclic) bond motifs is 3. The number of carbonyl (C=O) groups is 3. The summed E-state index contributed by atoms with van der Waals surface area (Å²) in [4.78, 5) is 44.6. The van der Waals surface area contributed by atoms with Gasteiger partial charge in [-0.1, -0.05) is 12.1 Å². The van der Waals surface area contributed by atoms with Crippen LogP contribution in [0.15, 0.2) is 41.4 Å². The van der Waals surface area contributed by atoms with Crippen LogP contribution in [-0.4, -0.2) is 74.3 Å². The molecule has 3 aliphatic rings. The maximum atomic E-state index is 13.2. The van der Waals surface area contributed by atoms with Crippen LogP contribution in [0, 0.1) is 17.2 Å². The SMILES string of the molecule is CN=C(N)C1(C[C@@H](C)NCC(=O)N2C(C#N)C[C@@H]3C[C@@H]32)c2ccc(C(=O)NC)cc2CCc2cc(C(=O)NC)ccc21. The first-order valence-electron chi connectivity index (χ1n) is 14.6. The monoisotopic (exact) mass is 569 g/mol. The van der Waals surface area contributed by atoms with Crippen molar-refractivity contribution in [3.8, 4) is 6.07 Å². The number of amides is 3. The van der Waals surface area contributed by atoms with Gasteiger partial charge in [0.25, 0.3) is 11.8 Å². The fourth-order valence-corrected chi connectivity index (χ4v) is 7.03. The van der Waals surface area contributed by atoms with E-state index in [2.05, 4.69) is 27.0 Å². The minimum Gasteiger partial charge on any atom is -0.386 e. The highest BCUT2D eigenvalue weighted by atomic mass is 16.2. The number of benzene rings is 2. The second kappa shape index (κ2) is 11.6. The number of nitrogens with one attached hydrogen (secondary N) is 3. The Kier molecular flexibility index (Phi) is 8.06. The van der Waals surface area contributed by atoms with E-state index in [0.717, 1.165) is 35.1 Å². The summed E-state index contributed by atoms with van der Waals surface area (Å²) in [5.74, 6) is 0.466. The third-order valence-electron chi connectivity index (χ3n) is 9.21. The highest BCUT2D eigenvalue weighted by molar-refractivity contribution is 5.99. The fraction of sp³-hybridized carbons (Fsp3) is 0.469.